The van der Waals surface area contributed by atoms with Crippen molar-refractivity contribution < 1.29 is 18.8 Å². The molecule has 0 bridgehead atoms. The number of hydrogen-bond donors (Lipinski definition) is 0. The van der Waals surface area contributed by atoms with Crippen LogP contribution in [0.3, 0.4) is 0 Å². The molecular weight excluding hydrogens is 258 g/mol. The molecule has 2 aromatic rings. The van der Waals surface area contributed by atoms with Crippen LogP contribution in [0.15, 0.2) is 28.8 Å². The van der Waals surface area contributed by atoms with Crippen LogP contribution < -0.4 is 0 Å². The third kappa shape index (κ3) is 1.63. The molecule has 5 heteroatoms. The Bertz CT molecular complexity index is 702. The molecule has 0 unspecified atom stereocenters. The van der Waals surface area contributed by atoms with Crippen molar-refractivity contribution in [1.82, 2.24) is 4.98 Å². The van der Waals surface area contributed by atoms with Gasteiger partial charge in [-0.2, -0.15) is 0 Å². The Morgan fingerprint density at radius 3 is 2.65 bits per heavy atom. The molecule has 3 rings (SSSR count). The zero-order chi connectivity index (χ0) is 14.4. The number of pyridine rings is 1. The van der Waals surface area contributed by atoms with Gasteiger partial charge in [-0.3, -0.25) is 19.4 Å². The maximum absolute atomic E-state index is 12.3. The first-order valence-electron chi connectivity index (χ1n) is 6.23. The number of carbonyl (C=O) groups excluding carboxylic acids is 3. The van der Waals surface area contributed by atoms with Gasteiger partial charge in [-0.1, -0.05) is 13.8 Å². The largest absolute Gasteiger partial charge is 0.449 e. The molecule has 20 heavy (non-hydrogen) atoms. The van der Waals surface area contributed by atoms with Gasteiger partial charge in [0.25, 0.3) is 0 Å². The Balaban J connectivity index is 2.17. The average Bonchev–Trinajstić information content (AvgIpc) is 2.89. The fraction of sp³-hybridized carbons (Fsp3) is 0.200. The van der Waals surface area contributed by atoms with E-state index in [0.717, 1.165) is 0 Å². The molecule has 0 spiro atoms. The molecule has 1 aliphatic carbocycles. The van der Waals surface area contributed by atoms with E-state index in [1.165, 1.54) is 12.3 Å². The molecule has 0 N–H and O–H groups in total. The second kappa shape index (κ2) is 4.23. The number of fused-ring (bicyclic) bond motifs is 2. The van der Waals surface area contributed by atoms with Crippen LogP contribution in [0.1, 0.15) is 56.6 Å². The standard InChI is InChI=1S/C15H11NO4/c1-7(2)12(17)10-6-9-13(18)8-4-3-5-16-11(8)14(19)15(9)20-10/h3-7H,1-2H3. The first kappa shape index (κ1) is 12.5. The van der Waals surface area contributed by atoms with Crippen LogP contribution in [0, 0.1) is 5.92 Å². The summed E-state index contributed by atoms with van der Waals surface area (Å²) in [6, 6.07) is 4.49. The third-order valence-electron chi connectivity index (χ3n) is 3.22. The van der Waals surface area contributed by atoms with E-state index in [2.05, 4.69) is 4.98 Å². The van der Waals surface area contributed by atoms with Crippen LogP contribution in [0.25, 0.3) is 0 Å². The van der Waals surface area contributed by atoms with Gasteiger partial charge in [0, 0.05) is 12.1 Å². The number of hydrogen-bond acceptors (Lipinski definition) is 5. The van der Waals surface area contributed by atoms with E-state index in [0.29, 0.717) is 0 Å². The summed E-state index contributed by atoms with van der Waals surface area (Å²) in [5.74, 6) is -1.36. The van der Waals surface area contributed by atoms with Crippen molar-refractivity contribution >= 4 is 17.3 Å². The van der Waals surface area contributed by atoms with E-state index >= 15 is 0 Å². The highest BCUT2D eigenvalue weighted by Crippen LogP contribution is 2.29. The summed E-state index contributed by atoms with van der Waals surface area (Å²) >= 11 is 0. The molecule has 0 saturated carbocycles. The Morgan fingerprint density at radius 2 is 1.95 bits per heavy atom. The van der Waals surface area contributed by atoms with Crippen molar-refractivity contribution in [2.45, 2.75) is 13.8 Å². The molecule has 0 aromatic carbocycles. The normalized spacial score (nSPS) is 13.3. The van der Waals surface area contributed by atoms with Gasteiger partial charge < -0.3 is 4.42 Å². The molecule has 0 saturated heterocycles. The van der Waals surface area contributed by atoms with Crippen LogP contribution >= 0.6 is 0 Å². The van der Waals surface area contributed by atoms with Crippen LogP contribution in [0.4, 0.5) is 0 Å². The number of carbonyl (C=O) groups is 3. The first-order valence-corrected chi connectivity index (χ1v) is 6.23. The summed E-state index contributed by atoms with van der Waals surface area (Å²) in [4.78, 5) is 40.4. The molecule has 100 valence electrons. The highest BCUT2D eigenvalue weighted by atomic mass is 16.4. The highest BCUT2D eigenvalue weighted by Gasteiger charge is 2.35. The number of aromatic nitrogens is 1. The minimum Gasteiger partial charge on any atom is -0.449 e. The van der Waals surface area contributed by atoms with Crippen molar-refractivity contribution in [2.24, 2.45) is 5.92 Å². The first-order chi connectivity index (χ1) is 9.50. The van der Waals surface area contributed by atoms with Gasteiger partial charge in [0.05, 0.1) is 11.1 Å². The predicted octanol–water partition coefficient (Wildman–Crippen LogP) is 2.29. The summed E-state index contributed by atoms with van der Waals surface area (Å²) in [5.41, 5.74) is 0.455. The molecule has 0 fully saturated rings. The number of nitrogens with zero attached hydrogens (tertiary/aromatic N) is 1. The molecule has 0 aliphatic heterocycles. The summed E-state index contributed by atoms with van der Waals surface area (Å²) < 4.78 is 5.31. The SMILES string of the molecule is CC(C)C(=O)c1cc2c(o1)C(=O)c1ncccc1C2=O. The van der Waals surface area contributed by atoms with Gasteiger partial charge in [0.15, 0.2) is 17.3 Å². The van der Waals surface area contributed by atoms with E-state index in [4.69, 9.17) is 4.42 Å². The van der Waals surface area contributed by atoms with Crippen molar-refractivity contribution in [2.75, 3.05) is 0 Å². The zero-order valence-corrected chi connectivity index (χ0v) is 11.0. The Hall–Kier alpha value is -2.56. The average molecular weight is 269 g/mol. The van der Waals surface area contributed by atoms with Gasteiger partial charge in [-0.15, -0.1) is 0 Å². The fourth-order valence-electron chi connectivity index (χ4n) is 2.16. The molecule has 0 atom stereocenters. The maximum Gasteiger partial charge on any atom is 0.248 e. The maximum atomic E-state index is 12.3. The van der Waals surface area contributed by atoms with Crippen LogP contribution in [0.2, 0.25) is 0 Å². The van der Waals surface area contributed by atoms with Crippen molar-refractivity contribution in [3.8, 4) is 0 Å². The second-order valence-corrected chi connectivity index (χ2v) is 4.93. The molecular formula is C15H11NO4. The van der Waals surface area contributed by atoms with E-state index < -0.39 is 5.78 Å². The van der Waals surface area contributed by atoms with Crippen LogP contribution in [0.5, 0.6) is 0 Å². The zero-order valence-electron chi connectivity index (χ0n) is 11.0. The van der Waals surface area contributed by atoms with E-state index in [9.17, 15) is 14.4 Å². The minimum atomic E-state index is -0.460. The second-order valence-electron chi connectivity index (χ2n) is 4.93. The monoisotopic (exact) mass is 269 g/mol. The summed E-state index contributed by atoms with van der Waals surface area (Å²) in [7, 11) is 0. The quantitative estimate of drug-likeness (QED) is 0.667. The molecule has 5 nitrogen and oxygen atoms in total. The predicted molar refractivity (Wildman–Crippen MR) is 69.0 cm³/mol. The summed E-state index contributed by atoms with van der Waals surface area (Å²) in [5, 5.41) is 0. The van der Waals surface area contributed by atoms with E-state index in [1.54, 1.807) is 26.0 Å². The van der Waals surface area contributed by atoms with Gasteiger partial charge in [0.2, 0.25) is 11.6 Å². The summed E-state index contributed by atoms with van der Waals surface area (Å²) in [6.45, 7) is 3.45. The Morgan fingerprint density at radius 1 is 1.20 bits per heavy atom. The Labute approximate surface area is 114 Å². The molecule has 0 amide bonds. The number of Topliss-reactive ketones (excluding diaryl/α,β-unsaturated/α-hetero) is 1. The van der Waals surface area contributed by atoms with Crippen LogP contribution in [-0.2, 0) is 0 Å². The smallest absolute Gasteiger partial charge is 0.248 e. The molecule has 1 aliphatic rings. The lowest BCUT2D eigenvalue weighted by molar-refractivity contribution is 0.0900. The van der Waals surface area contributed by atoms with E-state index in [-0.39, 0.29) is 45.8 Å². The van der Waals surface area contributed by atoms with Gasteiger partial charge in [-0.25, -0.2) is 0 Å². The van der Waals surface area contributed by atoms with Crippen molar-refractivity contribution in [3.63, 3.8) is 0 Å². The lowest BCUT2D eigenvalue weighted by atomic mass is 9.92. The van der Waals surface area contributed by atoms with Crippen molar-refractivity contribution in [1.29, 1.82) is 0 Å². The number of rotatable bonds is 2. The minimum absolute atomic E-state index is 0.0412. The van der Waals surface area contributed by atoms with Gasteiger partial charge >= 0.3 is 0 Å². The van der Waals surface area contributed by atoms with E-state index in [1.807, 2.05) is 0 Å². The topological polar surface area (TPSA) is 77.2 Å². The highest BCUT2D eigenvalue weighted by molar-refractivity contribution is 6.27. The van der Waals surface area contributed by atoms with Crippen LogP contribution in [-0.4, -0.2) is 22.3 Å². The fourth-order valence-corrected chi connectivity index (χ4v) is 2.16. The van der Waals surface area contributed by atoms with Gasteiger partial charge in [0.1, 0.15) is 5.69 Å². The number of ketones is 3. The third-order valence-corrected chi connectivity index (χ3v) is 3.22. The number of furan rings is 1. The lowest BCUT2D eigenvalue weighted by Gasteiger charge is -2.10. The molecule has 0 radical (unpaired) electrons. The van der Waals surface area contributed by atoms with Gasteiger partial charge in [-0.05, 0) is 18.2 Å². The Kier molecular flexibility index (Phi) is 2.64. The molecule has 2 aromatic heterocycles. The lowest BCUT2D eigenvalue weighted by Crippen LogP contribution is -2.20. The van der Waals surface area contributed by atoms with Crippen molar-refractivity contribution in [3.05, 3.63) is 52.7 Å². The molecule has 2 heterocycles. The summed E-state index contributed by atoms with van der Waals surface area (Å²) in [6.07, 6.45) is 1.44.